The van der Waals surface area contributed by atoms with Crippen LogP contribution >= 0.6 is 0 Å². The van der Waals surface area contributed by atoms with Crippen LogP contribution in [-0.4, -0.2) is 59.0 Å². The number of aliphatic carboxylic acids is 1. The number of aliphatic hydroxyl groups is 2. The molecule has 5 heteroatoms. The molecular weight excluding hydrogens is 510 g/mol. The standard InChI is InChI=1S/C19H41NO2.C17H34O2/c1-2-3-4-5-6-7-8-9-10-11-12-13-14-15-20(16-18-21)17-19-22;1-2-3-4-5-6-7-8-9-10-11-12-13-14-15-16-17(18)19/h21-22H,2-19H2,1H3;2-16H2,1H3,(H,18,19). The van der Waals surface area contributed by atoms with Crippen LogP contribution in [0.4, 0.5) is 0 Å². The van der Waals surface area contributed by atoms with Gasteiger partial charge in [-0.05, 0) is 19.4 Å². The number of unbranched alkanes of at least 4 members (excludes halogenated alkanes) is 25. The van der Waals surface area contributed by atoms with Gasteiger partial charge in [0.05, 0.1) is 13.2 Å². The minimum absolute atomic E-state index is 0.193. The van der Waals surface area contributed by atoms with E-state index in [0.29, 0.717) is 19.5 Å². The Kier molecular flexibility index (Phi) is 40.8. The first-order chi connectivity index (χ1) is 20.1. The van der Waals surface area contributed by atoms with E-state index in [9.17, 15) is 4.79 Å². The SMILES string of the molecule is CCCCCCCCCCCCCCCCC(=O)O.CCCCCCCCCCCCCCCN(CCO)CCO. The molecule has 0 amide bonds. The number of rotatable bonds is 33. The second-order valence-electron chi connectivity index (χ2n) is 12.3. The van der Waals surface area contributed by atoms with Gasteiger partial charge >= 0.3 is 5.97 Å². The van der Waals surface area contributed by atoms with E-state index >= 15 is 0 Å². The summed E-state index contributed by atoms with van der Waals surface area (Å²) in [5.74, 6) is -0.654. The Morgan fingerprint density at radius 2 is 0.683 bits per heavy atom. The Morgan fingerprint density at radius 1 is 0.415 bits per heavy atom. The van der Waals surface area contributed by atoms with Crippen molar-refractivity contribution in [2.45, 2.75) is 194 Å². The lowest BCUT2D eigenvalue weighted by Crippen LogP contribution is -2.30. The third-order valence-electron chi connectivity index (χ3n) is 8.15. The normalized spacial score (nSPS) is 11.1. The van der Waals surface area contributed by atoms with E-state index in [-0.39, 0.29) is 13.2 Å². The fraction of sp³-hybridized carbons (Fsp3) is 0.972. The fourth-order valence-corrected chi connectivity index (χ4v) is 5.44. The van der Waals surface area contributed by atoms with Crippen molar-refractivity contribution in [2.75, 3.05) is 32.8 Å². The van der Waals surface area contributed by atoms with Gasteiger partial charge in [0, 0.05) is 19.5 Å². The molecule has 0 atom stereocenters. The van der Waals surface area contributed by atoms with Crippen LogP contribution in [0.2, 0.25) is 0 Å². The first-order valence-electron chi connectivity index (χ1n) is 18.3. The third-order valence-corrected chi connectivity index (χ3v) is 8.15. The molecule has 0 heterocycles. The van der Waals surface area contributed by atoms with Crippen LogP contribution in [0.15, 0.2) is 0 Å². The minimum Gasteiger partial charge on any atom is -0.481 e. The second kappa shape index (κ2) is 39.4. The van der Waals surface area contributed by atoms with Gasteiger partial charge in [0.25, 0.3) is 0 Å². The zero-order valence-corrected chi connectivity index (χ0v) is 28.0. The first kappa shape index (κ1) is 42.5. The number of carbonyl (C=O) groups is 1. The summed E-state index contributed by atoms with van der Waals surface area (Å²) in [5.41, 5.74) is 0. The topological polar surface area (TPSA) is 81.0 Å². The predicted octanol–water partition coefficient (Wildman–Crippen LogP) is 10.3. The summed E-state index contributed by atoms with van der Waals surface area (Å²) >= 11 is 0. The van der Waals surface area contributed by atoms with Crippen LogP contribution in [0.3, 0.4) is 0 Å². The maximum atomic E-state index is 10.3. The van der Waals surface area contributed by atoms with Crippen LogP contribution in [0.5, 0.6) is 0 Å². The highest BCUT2D eigenvalue weighted by atomic mass is 16.4. The summed E-state index contributed by atoms with van der Waals surface area (Å²) in [6, 6.07) is 0. The molecule has 0 saturated heterocycles. The summed E-state index contributed by atoms with van der Waals surface area (Å²) < 4.78 is 0. The Hall–Kier alpha value is -0.650. The Bertz CT molecular complexity index is 468. The van der Waals surface area contributed by atoms with Gasteiger partial charge in [-0.3, -0.25) is 9.69 Å². The number of hydrogen-bond donors (Lipinski definition) is 3. The van der Waals surface area contributed by atoms with E-state index in [1.807, 2.05) is 0 Å². The average molecular weight is 586 g/mol. The van der Waals surface area contributed by atoms with Crippen LogP contribution in [0.25, 0.3) is 0 Å². The molecule has 0 rings (SSSR count). The minimum atomic E-state index is -0.654. The monoisotopic (exact) mass is 586 g/mol. The highest BCUT2D eigenvalue weighted by Crippen LogP contribution is 2.14. The smallest absolute Gasteiger partial charge is 0.303 e. The molecule has 0 aliphatic rings. The molecule has 0 aromatic rings. The van der Waals surface area contributed by atoms with Crippen molar-refractivity contribution in [1.29, 1.82) is 0 Å². The number of carboxylic acid groups (broad SMARTS) is 1. The largest absolute Gasteiger partial charge is 0.481 e. The fourth-order valence-electron chi connectivity index (χ4n) is 5.44. The number of aliphatic hydroxyl groups excluding tert-OH is 2. The highest BCUT2D eigenvalue weighted by Gasteiger charge is 2.02. The van der Waals surface area contributed by atoms with Gasteiger partial charge < -0.3 is 15.3 Å². The first-order valence-corrected chi connectivity index (χ1v) is 18.3. The van der Waals surface area contributed by atoms with Crippen LogP contribution in [0.1, 0.15) is 194 Å². The van der Waals surface area contributed by atoms with Gasteiger partial charge in [-0.2, -0.15) is 0 Å². The molecule has 0 saturated carbocycles. The van der Waals surface area contributed by atoms with E-state index in [0.717, 1.165) is 19.4 Å². The lowest BCUT2D eigenvalue weighted by Gasteiger charge is -2.19. The van der Waals surface area contributed by atoms with Crippen molar-refractivity contribution in [3.63, 3.8) is 0 Å². The molecule has 248 valence electrons. The van der Waals surface area contributed by atoms with Gasteiger partial charge in [0.1, 0.15) is 0 Å². The summed E-state index contributed by atoms with van der Waals surface area (Å²) in [7, 11) is 0. The van der Waals surface area contributed by atoms with Gasteiger partial charge in [-0.25, -0.2) is 0 Å². The van der Waals surface area contributed by atoms with Crippen molar-refractivity contribution in [3.05, 3.63) is 0 Å². The van der Waals surface area contributed by atoms with E-state index in [2.05, 4.69) is 18.7 Å². The molecule has 0 aromatic heterocycles. The number of hydrogen-bond acceptors (Lipinski definition) is 4. The zero-order valence-electron chi connectivity index (χ0n) is 28.0. The number of nitrogens with zero attached hydrogens (tertiary/aromatic N) is 1. The van der Waals surface area contributed by atoms with Crippen LogP contribution < -0.4 is 0 Å². The lowest BCUT2D eigenvalue weighted by atomic mass is 10.0. The molecule has 0 spiro atoms. The van der Waals surface area contributed by atoms with Gasteiger partial charge in [-0.15, -0.1) is 0 Å². The molecule has 0 aliphatic heterocycles. The third kappa shape index (κ3) is 41.5. The molecule has 0 unspecified atom stereocenters. The summed E-state index contributed by atoms with van der Waals surface area (Å²) in [4.78, 5) is 12.5. The maximum Gasteiger partial charge on any atom is 0.303 e. The maximum absolute atomic E-state index is 10.3. The summed E-state index contributed by atoms with van der Waals surface area (Å²) in [5, 5.41) is 26.4. The molecule has 0 radical (unpaired) electrons. The van der Waals surface area contributed by atoms with E-state index in [4.69, 9.17) is 15.3 Å². The van der Waals surface area contributed by atoms with Crippen LogP contribution in [0, 0.1) is 0 Å². The molecule has 0 fully saturated rings. The van der Waals surface area contributed by atoms with E-state index < -0.39 is 5.97 Å². The second-order valence-corrected chi connectivity index (χ2v) is 12.3. The predicted molar refractivity (Wildman–Crippen MR) is 179 cm³/mol. The summed E-state index contributed by atoms with van der Waals surface area (Å²) in [6.07, 6.45) is 36.6. The Balaban J connectivity index is 0. The molecular formula is C36H75NO4. The van der Waals surface area contributed by atoms with Crippen molar-refractivity contribution in [3.8, 4) is 0 Å². The highest BCUT2D eigenvalue weighted by molar-refractivity contribution is 5.66. The summed E-state index contributed by atoms with van der Waals surface area (Å²) in [6.45, 7) is 7.33. The van der Waals surface area contributed by atoms with Gasteiger partial charge in [-0.1, -0.05) is 174 Å². The van der Waals surface area contributed by atoms with Crippen molar-refractivity contribution < 1.29 is 20.1 Å². The molecule has 41 heavy (non-hydrogen) atoms. The van der Waals surface area contributed by atoms with E-state index in [1.165, 1.54) is 161 Å². The molecule has 0 aromatic carbocycles. The van der Waals surface area contributed by atoms with Crippen LogP contribution in [-0.2, 0) is 4.79 Å². The quantitative estimate of drug-likeness (QED) is 0.0668. The molecule has 3 N–H and O–H groups in total. The van der Waals surface area contributed by atoms with E-state index in [1.54, 1.807) is 0 Å². The van der Waals surface area contributed by atoms with Crippen molar-refractivity contribution in [2.24, 2.45) is 0 Å². The zero-order chi connectivity index (χ0) is 30.5. The number of carboxylic acids is 1. The lowest BCUT2D eigenvalue weighted by molar-refractivity contribution is -0.137. The molecule has 0 aliphatic carbocycles. The molecule has 5 nitrogen and oxygen atoms in total. The molecule has 0 bridgehead atoms. The van der Waals surface area contributed by atoms with Crippen molar-refractivity contribution in [1.82, 2.24) is 4.90 Å². The van der Waals surface area contributed by atoms with Gasteiger partial charge in [0.2, 0.25) is 0 Å². The average Bonchev–Trinajstić information content (AvgIpc) is 2.96. The Morgan fingerprint density at radius 3 is 0.951 bits per heavy atom. The van der Waals surface area contributed by atoms with Crippen molar-refractivity contribution >= 4 is 5.97 Å². The Labute approximate surface area is 257 Å². The van der Waals surface area contributed by atoms with Gasteiger partial charge in [0.15, 0.2) is 0 Å².